The smallest absolute Gasteiger partial charge is 0.143 e. The normalized spacial score (nSPS) is 16.6. The van der Waals surface area contributed by atoms with Gasteiger partial charge in [-0.15, -0.1) is 0 Å². The Morgan fingerprint density at radius 2 is 1.10 bits per heavy atom. The predicted octanol–water partition coefficient (Wildman–Crippen LogP) is 5.00. The van der Waals surface area contributed by atoms with Gasteiger partial charge in [0.05, 0.1) is 17.3 Å². The number of carbonyl (C=O) groups excluding carboxylic acids is 6. The van der Waals surface area contributed by atoms with Crippen molar-refractivity contribution in [3.05, 3.63) is 0 Å². The van der Waals surface area contributed by atoms with Gasteiger partial charge in [-0.1, -0.05) is 44.7 Å². The zero-order chi connectivity index (χ0) is 24.7. The van der Waals surface area contributed by atoms with Gasteiger partial charge < -0.3 is 4.79 Å². The van der Waals surface area contributed by atoms with E-state index < -0.39 is 10.8 Å². The molecule has 2 aliphatic rings. The van der Waals surface area contributed by atoms with E-state index in [1.165, 1.54) is 41.0 Å². The van der Waals surface area contributed by atoms with Gasteiger partial charge >= 0.3 is 0 Å². The van der Waals surface area contributed by atoms with Crippen molar-refractivity contribution in [3.8, 4) is 0 Å². The summed E-state index contributed by atoms with van der Waals surface area (Å²) in [7, 11) is 0. The molecule has 2 aliphatic carbocycles. The van der Waals surface area contributed by atoms with Crippen LogP contribution in [-0.4, -0.2) is 45.9 Å². The van der Waals surface area contributed by atoms with E-state index in [0.717, 1.165) is 55.5 Å². The molecule has 0 atom stereocenters. The average molecular weight is 568 g/mol. The molecule has 0 bridgehead atoms. The standard InChI is InChI=1S/C8H12O2.C7H10O2.C5H8O2.C3H6Br2/c1-6(9)8(7(2)10)4-3-5-8;1-6(9)7(5-8)3-2-4-7;1-4(6)3-5(2)7;4-2-1-3-5/h3-5H2,1-2H3;5H,2-4H2,1H3;3H2,1-2H3;1-3H2. The van der Waals surface area contributed by atoms with Crippen LogP contribution < -0.4 is 0 Å². The Morgan fingerprint density at radius 1 is 0.710 bits per heavy atom. The summed E-state index contributed by atoms with van der Waals surface area (Å²) in [6, 6.07) is 0. The largest absolute Gasteiger partial charge is 0.302 e. The van der Waals surface area contributed by atoms with E-state index in [-0.39, 0.29) is 35.3 Å². The van der Waals surface area contributed by atoms with Crippen molar-refractivity contribution in [2.45, 2.75) is 86.0 Å². The molecule has 2 rings (SSSR count). The number of rotatable bonds is 8. The molecular formula is C23H36Br2O6. The summed E-state index contributed by atoms with van der Waals surface area (Å²) in [6.45, 7) is 7.33. The van der Waals surface area contributed by atoms with E-state index in [1.807, 2.05) is 0 Å². The van der Waals surface area contributed by atoms with E-state index in [9.17, 15) is 28.8 Å². The lowest BCUT2D eigenvalue weighted by Gasteiger charge is -2.36. The van der Waals surface area contributed by atoms with Crippen LogP contribution in [0.4, 0.5) is 0 Å². The Balaban J connectivity index is 0. The highest BCUT2D eigenvalue weighted by Crippen LogP contribution is 2.42. The fourth-order valence-corrected chi connectivity index (χ4v) is 4.31. The van der Waals surface area contributed by atoms with Gasteiger partial charge in [-0.05, 0) is 66.7 Å². The summed E-state index contributed by atoms with van der Waals surface area (Å²) in [4.78, 5) is 63.1. The van der Waals surface area contributed by atoms with Crippen molar-refractivity contribution in [1.29, 1.82) is 0 Å². The zero-order valence-corrected chi connectivity index (χ0v) is 22.5. The number of alkyl halides is 2. The van der Waals surface area contributed by atoms with Crippen LogP contribution in [0.5, 0.6) is 0 Å². The lowest BCUT2D eigenvalue weighted by Crippen LogP contribution is -2.42. The zero-order valence-electron chi connectivity index (χ0n) is 19.4. The summed E-state index contributed by atoms with van der Waals surface area (Å²) in [5.74, 6) is 0.00116. The highest BCUT2D eigenvalue weighted by Gasteiger charge is 2.45. The summed E-state index contributed by atoms with van der Waals surface area (Å²) >= 11 is 6.56. The molecule has 2 fully saturated rings. The number of aldehydes is 1. The lowest BCUT2D eigenvalue weighted by molar-refractivity contribution is -0.144. The third-order valence-electron chi connectivity index (χ3n) is 5.49. The van der Waals surface area contributed by atoms with Gasteiger partial charge in [-0.25, -0.2) is 0 Å². The van der Waals surface area contributed by atoms with E-state index in [2.05, 4.69) is 31.9 Å². The van der Waals surface area contributed by atoms with E-state index in [4.69, 9.17) is 0 Å². The van der Waals surface area contributed by atoms with Crippen molar-refractivity contribution >= 4 is 67.1 Å². The second kappa shape index (κ2) is 16.6. The van der Waals surface area contributed by atoms with Crippen LogP contribution in [0.3, 0.4) is 0 Å². The summed E-state index contributed by atoms with van der Waals surface area (Å²) < 4.78 is 0. The minimum absolute atomic E-state index is 0.0313. The molecule has 0 radical (unpaired) electrons. The van der Waals surface area contributed by atoms with Gasteiger partial charge in [0.25, 0.3) is 0 Å². The topological polar surface area (TPSA) is 102 Å². The van der Waals surface area contributed by atoms with Gasteiger partial charge in [-0.2, -0.15) is 0 Å². The molecule has 6 nitrogen and oxygen atoms in total. The summed E-state index contributed by atoms with van der Waals surface area (Å²) in [5.41, 5.74) is -1.11. The maximum atomic E-state index is 11.0. The van der Waals surface area contributed by atoms with Crippen LogP contribution in [0, 0.1) is 10.8 Å². The number of carbonyl (C=O) groups is 6. The molecule has 31 heavy (non-hydrogen) atoms. The quantitative estimate of drug-likeness (QED) is 0.232. The fourth-order valence-electron chi connectivity index (χ4n) is 2.99. The molecule has 0 heterocycles. The molecule has 2 saturated carbocycles. The van der Waals surface area contributed by atoms with Crippen molar-refractivity contribution in [2.24, 2.45) is 10.8 Å². The Morgan fingerprint density at radius 3 is 1.10 bits per heavy atom. The van der Waals surface area contributed by atoms with Crippen molar-refractivity contribution in [3.63, 3.8) is 0 Å². The van der Waals surface area contributed by atoms with Crippen molar-refractivity contribution in [1.82, 2.24) is 0 Å². The number of ketones is 5. The van der Waals surface area contributed by atoms with Gasteiger partial charge in [0.1, 0.15) is 35.2 Å². The van der Waals surface area contributed by atoms with Crippen molar-refractivity contribution in [2.75, 3.05) is 10.7 Å². The van der Waals surface area contributed by atoms with Gasteiger partial charge in [0.2, 0.25) is 0 Å². The monoisotopic (exact) mass is 566 g/mol. The third kappa shape index (κ3) is 12.0. The molecule has 0 saturated heterocycles. The first-order valence-corrected chi connectivity index (χ1v) is 12.7. The Hall–Kier alpha value is -1.02. The Kier molecular flexibility index (Phi) is 17.2. The average Bonchev–Trinajstić information content (AvgIpc) is 2.53. The minimum atomic E-state index is -0.556. The first kappa shape index (κ1) is 32.2. The lowest BCUT2D eigenvalue weighted by atomic mass is 9.64. The summed E-state index contributed by atoms with van der Waals surface area (Å²) in [6.07, 6.45) is 7.25. The fraction of sp³-hybridized carbons (Fsp3) is 0.739. The first-order chi connectivity index (χ1) is 14.3. The molecule has 0 unspecified atom stereocenters. The van der Waals surface area contributed by atoms with Gasteiger partial charge in [0.15, 0.2) is 0 Å². The maximum absolute atomic E-state index is 11.0. The van der Waals surface area contributed by atoms with Crippen LogP contribution in [0.1, 0.15) is 86.0 Å². The second-order valence-corrected chi connectivity index (χ2v) is 9.63. The van der Waals surface area contributed by atoms with Crippen LogP contribution in [0.2, 0.25) is 0 Å². The Labute approximate surface area is 202 Å². The SMILES string of the molecule is BrCCCBr.CC(=O)C1(C(C)=O)CCC1.CC(=O)C1(C=O)CCC1.CC(=O)CC(C)=O. The van der Waals surface area contributed by atoms with Crippen LogP contribution in [0.25, 0.3) is 0 Å². The molecule has 0 aromatic rings. The van der Waals surface area contributed by atoms with Crippen LogP contribution in [0.15, 0.2) is 0 Å². The molecule has 0 aliphatic heterocycles. The van der Waals surface area contributed by atoms with Crippen LogP contribution in [-0.2, 0) is 28.8 Å². The number of hydrogen-bond donors (Lipinski definition) is 0. The first-order valence-electron chi connectivity index (χ1n) is 10.5. The highest BCUT2D eigenvalue weighted by atomic mass is 79.9. The van der Waals surface area contributed by atoms with E-state index in [0.29, 0.717) is 0 Å². The molecule has 8 heteroatoms. The number of Topliss-reactive ketones (excluding diaryl/α,β-unsaturated/α-hetero) is 5. The Bertz CT molecular complexity index is 604. The number of halogens is 2. The molecule has 0 spiro atoms. The number of hydrogen-bond acceptors (Lipinski definition) is 6. The maximum Gasteiger partial charge on any atom is 0.143 e. The predicted molar refractivity (Wildman–Crippen MR) is 129 cm³/mol. The molecule has 0 N–H and O–H groups in total. The van der Waals surface area contributed by atoms with E-state index >= 15 is 0 Å². The third-order valence-corrected chi connectivity index (χ3v) is 6.61. The van der Waals surface area contributed by atoms with Crippen molar-refractivity contribution < 1.29 is 28.8 Å². The second-order valence-electron chi connectivity index (χ2n) is 8.04. The van der Waals surface area contributed by atoms with E-state index in [1.54, 1.807) is 0 Å². The molecule has 0 aromatic carbocycles. The van der Waals surface area contributed by atoms with Gasteiger partial charge in [-0.3, -0.25) is 24.0 Å². The molecule has 178 valence electrons. The molecular weight excluding hydrogens is 532 g/mol. The summed E-state index contributed by atoms with van der Waals surface area (Å²) in [5, 5.41) is 2.22. The highest BCUT2D eigenvalue weighted by molar-refractivity contribution is 9.09. The molecule has 0 aromatic heterocycles. The van der Waals surface area contributed by atoms with Gasteiger partial charge in [0, 0.05) is 10.7 Å². The molecule has 0 amide bonds. The minimum Gasteiger partial charge on any atom is -0.302 e. The van der Waals surface area contributed by atoms with Crippen LogP contribution >= 0.6 is 31.9 Å².